The minimum atomic E-state index is -0.751. The third-order valence-corrected chi connectivity index (χ3v) is 5.83. The van der Waals surface area contributed by atoms with E-state index in [4.69, 9.17) is 23.7 Å². The first-order chi connectivity index (χ1) is 17.3. The molecule has 1 N–H and O–H groups in total. The minimum Gasteiger partial charge on any atom is -0.411 e. The summed E-state index contributed by atoms with van der Waals surface area (Å²) in [5.74, 6) is 0. The maximum atomic E-state index is 9.31. The van der Waals surface area contributed by atoms with Crippen LogP contribution in [0.15, 0.2) is 96.2 Å². The molecule has 1 aliphatic rings. The highest BCUT2D eigenvalue weighted by Gasteiger charge is 2.48. The van der Waals surface area contributed by atoms with Gasteiger partial charge in [-0.15, -0.1) is 0 Å². The van der Waals surface area contributed by atoms with E-state index in [9.17, 15) is 5.21 Å². The van der Waals surface area contributed by atoms with Crippen LogP contribution in [0.5, 0.6) is 0 Å². The maximum absolute atomic E-state index is 9.31. The number of methoxy groups -OCH3 is 1. The normalized spacial score (nSPS) is 24.5. The molecule has 0 aromatic heterocycles. The van der Waals surface area contributed by atoms with E-state index in [0.29, 0.717) is 19.8 Å². The van der Waals surface area contributed by atoms with Crippen LogP contribution >= 0.6 is 0 Å². The molecule has 0 bridgehead atoms. The van der Waals surface area contributed by atoms with Gasteiger partial charge in [-0.25, -0.2) is 0 Å². The van der Waals surface area contributed by atoms with E-state index in [1.54, 1.807) is 7.11 Å². The zero-order valence-electron chi connectivity index (χ0n) is 19.7. The maximum Gasteiger partial charge on any atom is 0.186 e. The molecule has 1 aliphatic heterocycles. The number of hydrogen-bond donors (Lipinski definition) is 1. The molecule has 1 saturated heterocycles. The molecule has 3 aromatic carbocycles. The van der Waals surface area contributed by atoms with E-state index in [0.717, 1.165) is 16.7 Å². The Bertz CT molecular complexity index is 1020. The number of oxime groups is 1. The Balaban J connectivity index is 1.59. The van der Waals surface area contributed by atoms with Crippen LogP contribution in [0.2, 0.25) is 0 Å². The SMILES string of the molecule is CO[C@H]1O[C@H](C=NO)[C@@H](OCc2ccccc2)[C@H](OCc2ccccc2)[C@H]1OCc1ccccc1. The number of rotatable bonds is 11. The van der Waals surface area contributed by atoms with Crippen LogP contribution in [-0.4, -0.2) is 49.2 Å². The van der Waals surface area contributed by atoms with E-state index in [1.807, 2.05) is 91.0 Å². The lowest BCUT2D eigenvalue weighted by Gasteiger charge is -2.44. The van der Waals surface area contributed by atoms with Gasteiger partial charge in [0.15, 0.2) is 6.29 Å². The third-order valence-electron chi connectivity index (χ3n) is 5.83. The van der Waals surface area contributed by atoms with E-state index in [2.05, 4.69) is 5.16 Å². The molecule has 3 aromatic rings. The van der Waals surface area contributed by atoms with Crippen molar-refractivity contribution in [1.82, 2.24) is 0 Å². The van der Waals surface area contributed by atoms with Crippen molar-refractivity contribution in [3.05, 3.63) is 108 Å². The van der Waals surface area contributed by atoms with E-state index in [-0.39, 0.29) is 0 Å². The summed E-state index contributed by atoms with van der Waals surface area (Å²) in [6.07, 6.45) is -1.92. The van der Waals surface area contributed by atoms with Crippen molar-refractivity contribution < 1.29 is 28.9 Å². The Morgan fingerprint density at radius 1 is 0.686 bits per heavy atom. The molecule has 35 heavy (non-hydrogen) atoms. The minimum absolute atomic E-state index is 0.332. The monoisotopic (exact) mass is 477 g/mol. The van der Waals surface area contributed by atoms with Crippen molar-refractivity contribution in [1.29, 1.82) is 0 Å². The Hall–Kier alpha value is -3.07. The smallest absolute Gasteiger partial charge is 0.186 e. The second kappa shape index (κ2) is 13.1. The van der Waals surface area contributed by atoms with Gasteiger partial charge in [0.1, 0.15) is 24.4 Å². The Morgan fingerprint density at radius 3 is 1.54 bits per heavy atom. The number of nitrogens with zero attached hydrogens (tertiary/aromatic N) is 1. The van der Waals surface area contributed by atoms with E-state index >= 15 is 0 Å². The standard InChI is InChI=1S/C28H31NO6/c1-31-28-27(34-20-23-15-9-4-10-16-23)26(33-19-22-13-7-3-8-14-22)25(24(35-28)17-29-30)32-18-21-11-5-2-6-12-21/h2-17,24-28,30H,18-20H2,1H3/t24-,25-,26+,27-,28+/m1/s1. The van der Waals surface area contributed by atoms with Crippen molar-refractivity contribution in [2.24, 2.45) is 5.16 Å². The molecule has 0 radical (unpaired) electrons. The largest absolute Gasteiger partial charge is 0.411 e. The second-order valence-corrected chi connectivity index (χ2v) is 8.25. The van der Waals surface area contributed by atoms with Crippen LogP contribution in [-0.2, 0) is 43.5 Å². The summed E-state index contributed by atoms with van der Waals surface area (Å²) in [6.45, 7) is 1.03. The van der Waals surface area contributed by atoms with Crippen LogP contribution < -0.4 is 0 Å². The van der Waals surface area contributed by atoms with Crippen LogP contribution in [0.25, 0.3) is 0 Å². The fourth-order valence-electron chi connectivity index (χ4n) is 4.07. The second-order valence-electron chi connectivity index (χ2n) is 8.25. The number of hydrogen-bond acceptors (Lipinski definition) is 7. The molecule has 0 unspecified atom stereocenters. The molecular weight excluding hydrogens is 446 g/mol. The lowest BCUT2D eigenvalue weighted by Crippen LogP contribution is -2.61. The summed E-state index contributed by atoms with van der Waals surface area (Å²) in [5.41, 5.74) is 3.04. The Kier molecular flexibility index (Phi) is 9.39. The van der Waals surface area contributed by atoms with Gasteiger partial charge in [0.25, 0.3) is 0 Å². The number of benzene rings is 3. The van der Waals surface area contributed by atoms with Crippen molar-refractivity contribution in [2.75, 3.05) is 7.11 Å². The van der Waals surface area contributed by atoms with Crippen molar-refractivity contribution in [2.45, 2.75) is 50.5 Å². The van der Waals surface area contributed by atoms with Gasteiger partial charge < -0.3 is 28.9 Å². The summed E-state index contributed by atoms with van der Waals surface area (Å²) in [6, 6.07) is 29.6. The van der Waals surface area contributed by atoms with Crippen LogP contribution in [0.3, 0.4) is 0 Å². The van der Waals surface area contributed by atoms with Gasteiger partial charge in [0.05, 0.1) is 26.0 Å². The predicted octanol–water partition coefficient (Wildman–Crippen LogP) is 4.57. The number of ether oxygens (including phenoxy) is 5. The summed E-state index contributed by atoms with van der Waals surface area (Å²) < 4.78 is 30.8. The molecule has 1 fully saturated rings. The average Bonchev–Trinajstić information content (AvgIpc) is 2.92. The molecule has 0 aliphatic carbocycles. The first-order valence-corrected chi connectivity index (χ1v) is 11.6. The van der Waals surface area contributed by atoms with Gasteiger partial charge in [-0.3, -0.25) is 0 Å². The average molecular weight is 478 g/mol. The van der Waals surface area contributed by atoms with Gasteiger partial charge in [-0.2, -0.15) is 0 Å². The summed E-state index contributed by atoms with van der Waals surface area (Å²) >= 11 is 0. The third kappa shape index (κ3) is 6.97. The molecule has 0 amide bonds. The fourth-order valence-corrected chi connectivity index (χ4v) is 4.07. The molecular formula is C28H31NO6. The molecule has 1 heterocycles. The van der Waals surface area contributed by atoms with Gasteiger partial charge >= 0.3 is 0 Å². The zero-order valence-corrected chi connectivity index (χ0v) is 19.7. The lowest BCUT2D eigenvalue weighted by molar-refractivity contribution is -0.305. The Morgan fingerprint density at radius 2 is 1.11 bits per heavy atom. The quantitative estimate of drug-likeness (QED) is 0.248. The Labute approximate surface area is 205 Å². The highest BCUT2D eigenvalue weighted by molar-refractivity contribution is 5.63. The molecule has 7 heteroatoms. The van der Waals surface area contributed by atoms with Crippen LogP contribution in [0.1, 0.15) is 16.7 Å². The first-order valence-electron chi connectivity index (χ1n) is 11.6. The summed E-state index contributed by atoms with van der Waals surface area (Å²) in [5, 5.41) is 12.5. The van der Waals surface area contributed by atoms with Gasteiger partial charge in [0, 0.05) is 7.11 Å². The molecule has 7 nitrogen and oxygen atoms in total. The van der Waals surface area contributed by atoms with Crippen molar-refractivity contribution >= 4 is 6.21 Å². The van der Waals surface area contributed by atoms with Crippen molar-refractivity contribution in [3.63, 3.8) is 0 Å². The van der Waals surface area contributed by atoms with Gasteiger partial charge in [0.2, 0.25) is 0 Å². The highest BCUT2D eigenvalue weighted by Crippen LogP contribution is 2.30. The molecule has 4 rings (SSSR count). The summed E-state index contributed by atoms with van der Waals surface area (Å²) in [7, 11) is 1.55. The van der Waals surface area contributed by atoms with E-state index < -0.39 is 30.7 Å². The molecule has 5 atom stereocenters. The van der Waals surface area contributed by atoms with Crippen LogP contribution in [0, 0.1) is 0 Å². The van der Waals surface area contributed by atoms with E-state index in [1.165, 1.54) is 6.21 Å². The molecule has 0 spiro atoms. The van der Waals surface area contributed by atoms with Crippen molar-refractivity contribution in [3.8, 4) is 0 Å². The highest BCUT2D eigenvalue weighted by atomic mass is 16.7. The summed E-state index contributed by atoms with van der Waals surface area (Å²) in [4.78, 5) is 0. The zero-order chi connectivity index (χ0) is 24.3. The van der Waals surface area contributed by atoms with Crippen LogP contribution in [0.4, 0.5) is 0 Å². The lowest BCUT2D eigenvalue weighted by atomic mass is 9.98. The topological polar surface area (TPSA) is 78.7 Å². The fraction of sp³-hybridized carbons (Fsp3) is 0.321. The first kappa shape index (κ1) is 25.0. The van der Waals surface area contributed by atoms with Gasteiger partial charge in [-0.05, 0) is 16.7 Å². The molecule has 0 saturated carbocycles. The molecule has 184 valence electrons. The predicted molar refractivity (Wildman–Crippen MR) is 131 cm³/mol. The van der Waals surface area contributed by atoms with Gasteiger partial charge in [-0.1, -0.05) is 96.2 Å².